The summed E-state index contributed by atoms with van der Waals surface area (Å²) in [6.07, 6.45) is 3.81. The van der Waals surface area contributed by atoms with Gasteiger partial charge in [-0.05, 0) is 44.0 Å². The average molecular weight is 270 g/mol. The van der Waals surface area contributed by atoms with E-state index >= 15 is 0 Å². The van der Waals surface area contributed by atoms with Crippen LogP contribution >= 0.6 is 0 Å². The van der Waals surface area contributed by atoms with Gasteiger partial charge in [0.05, 0.1) is 17.4 Å². The first kappa shape index (κ1) is 12.7. The van der Waals surface area contributed by atoms with E-state index in [-0.39, 0.29) is 0 Å². The molecule has 6 heteroatoms. The number of aromatic nitrogens is 2. The predicted molar refractivity (Wildman–Crippen MR) is 78.2 cm³/mol. The molecule has 104 valence electrons. The van der Waals surface area contributed by atoms with Crippen molar-refractivity contribution in [2.75, 3.05) is 6.54 Å². The van der Waals surface area contributed by atoms with Crippen molar-refractivity contribution in [3.8, 4) is 5.69 Å². The maximum atomic E-state index is 4.42. The maximum absolute atomic E-state index is 4.42. The molecule has 3 rings (SSSR count). The lowest BCUT2D eigenvalue weighted by Crippen LogP contribution is -2.40. The SMILES string of the molecule is CCN1NNN=C1c1cnn(-c2ccc(C)c(C)c2)c1. The molecule has 2 N–H and O–H groups in total. The first-order chi connectivity index (χ1) is 9.69. The molecule has 1 aromatic heterocycles. The second-order valence-corrected chi connectivity index (χ2v) is 4.85. The quantitative estimate of drug-likeness (QED) is 0.887. The average Bonchev–Trinajstić information content (AvgIpc) is 3.09. The molecule has 0 amide bonds. The van der Waals surface area contributed by atoms with Gasteiger partial charge in [-0.1, -0.05) is 6.07 Å². The van der Waals surface area contributed by atoms with E-state index < -0.39 is 0 Å². The standard InChI is InChI=1S/C14H18N6/c1-4-19-14(16-17-18-19)12-8-15-20(9-12)13-6-5-10(2)11(3)7-13/h5-9,17-18H,4H2,1-3H3. The van der Waals surface area contributed by atoms with Gasteiger partial charge in [0.1, 0.15) is 0 Å². The number of nitrogens with one attached hydrogen (secondary N) is 2. The molecule has 6 nitrogen and oxygen atoms in total. The number of nitrogens with zero attached hydrogens (tertiary/aromatic N) is 4. The lowest BCUT2D eigenvalue weighted by molar-refractivity contribution is 0.308. The van der Waals surface area contributed by atoms with Crippen LogP contribution in [0.3, 0.4) is 0 Å². The van der Waals surface area contributed by atoms with Crippen LogP contribution in [0.2, 0.25) is 0 Å². The minimum absolute atomic E-state index is 0.820. The predicted octanol–water partition coefficient (Wildman–Crippen LogP) is 1.50. The largest absolute Gasteiger partial charge is 0.271 e. The van der Waals surface area contributed by atoms with E-state index in [0.717, 1.165) is 23.6 Å². The zero-order valence-electron chi connectivity index (χ0n) is 11.9. The van der Waals surface area contributed by atoms with Crippen LogP contribution in [0.4, 0.5) is 0 Å². The molecule has 0 unspecified atom stereocenters. The van der Waals surface area contributed by atoms with Gasteiger partial charge in [0.15, 0.2) is 5.84 Å². The van der Waals surface area contributed by atoms with Crippen molar-refractivity contribution in [3.05, 3.63) is 47.3 Å². The van der Waals surface area contributed by atoms with Gasteiger partial charge in [-0.25, -0.2) is 10.2 Å². The third-order valence-corrected chi connectivity index (χ3v) is 3.51. The minimum Gasteiger partial charge on any atom is -0.271 e. The van der Waals surface area contributed by atoms with Crippen LogP contribution in [0.1, 0.15) is 23.6 Å². The van der Waals surface area contributed by atoms with Crippen LogP contribution < -0.4 is 11.1 Å². The Balaban J connectivity index is 1.92. The fraction of sp³-hybridized carbons (Fsp3) is 0.286. The van der Waals surface area contributed by atoms with Crippen molar-refractivity contribution < 1.29 is 0 Å². The Hall–Kier alpha value is -2.34. The van der Waals surface area contributed by atoms with E-state index in [0.29, 0.717) is 0 Å². The zero-order valence-corrected chi connectivity index (χ0v) is 11.9. The summed E-state index contributed by atoms with van der Waals surface area (Å²) >= 11 is 0. The minimum atomic E-state index is 0.820. The number of rotatable bonds is 3. The van der Waals surface area contributed by atoms with Crippen LogP contribution in [-0.2, 0) is 0 Å². The van der Waals surface area contributed by atoms with Gasteiger partial charge in [-0.15, -0.1) is 10.6 Å². The monoisotopic (exact) mass is 270 g/mol. The van der Waals surface area contributed by atoms with Gasteiger partial charge in [-0.3, -0.25) is 5.01 Å². The highest BCUT2D eigenvalue weighted by molar-refractivity contribution is 5.98. The van der Waals surface area contributed by atoms with Crippen molar-refractivity contribution in [1.29, 1.82) is 0 Å². The van der Waals surface area contributed by atoms with Gasteiger partial charge < -0.3 is 0 Å². The molecule has 0 atom stereocenters. The molecule has 0 aliphatic carbocycles. The number of hydrazine groups is 2. The Bertz CT molecular complexity index is 657. The summed E-state index contributed by atoms with van der Waals surface area (Å²) in [5, 5.41) is 10.6. The molecule has 0 saturated heterocycles. The molecule has 0 radical (unpaired) electrons. The zero-order chi connectivity index (χ0) is 14.1. The molecular formula is C14H18N6. The lowest BCUT2D eigenvalue weighted by atomic mass is 10.1. The molecule has 1 aliphatic rings. The number of amidine groups is 1. The second kappa shape index (κ2) is 4.97. The number of hydrazone groups is 1. The number of benzene rings is 1. The van der Waals surface area contributed by atoms with Crippen molar-refractivity contribution in [3.63, 3.8) is 0 Å². The van der Waals surface area contributed by atoms with Gasteiger partial charge in [0, 0.05) is 12.7 Å². The van der Waals surface area contributed by atoms with Crippen LogP contribution in [0.25, 0.3) is 5.69 Å². The summed E-state index contributed by atoms with van der Waals surface area (Å²) in [7, 11) is 0. The summed E-state index contributed by atoms with van der Waals surface area (Å²) in [5.74, 6) is 0.850. The molecule has 0 saturated carbocycles. The molecular weight excluding hydrogens is 252 g/mol. The Labute approximate surface area is 118 Å². The summed E-state index contributed by atoms with van der Waals surface area (Å²) in [6.45, 7) is 7.10. The molecule has 1 aliphatic heterocycles. The number of hydrogen-bond donors (Lipinski definition) is 2. The van der Waals surface area contributed by atoms with Gasteiger partial charge in [0.2, 0.25) is 0 Å². The molecule has 0 spiro atoms. The molecule has 0 bridgehead atoms. The van der Waals surface area contributed by atoms with Crippen LogP contribution in [0.15, 0.2) is 35.7 Å². The van der Waals surface area contributed by atoms with Gasteiger partial charge in [-0.2, -0.15) is 5.10 Å². The van der Waals surface area contributed by atoms with E-state index in [2.05, 4.69) is 60.2 Å². The third-order valence-electron chi connectivity index (χ3n) is 3.51. The summed E-state index contributed by atoms with van der Waals surface area (Å²) in [6, 6.07) is 6.32. The van der Waals surface area contributed by atoms with E-state index in [1.165, 1.54) is 11.1 Å². The van der Waals surface area contributed by atoms with Crippen LogP contribution in [0, 0.1) is 13.8 Å². The fourth-order valence-corrected chi connectivity index (χ4v) is 2.15. The molecule has 1 aromatic carbocycles. The summed E-state index contributed by atoms with van der Waals surface area (Å²) < 4.78 is 1.87. The Kier molecular flexibility index (Phi) is 3.15. The summed E-state index contributed by atoms with van der Waals surface area (Å²) in [5.41, 5.74) is 10.3. The Morgan fingerprint density at radius 3 is 2.80 bits per heavy atom. The normalized spacial score (nSPS) is 14.3. The Morgan fingerprint density at radius 1 is 1.20 bits per heavy atom. The third kappa shape index (κ3) is 2.14. The first-order valence-electron chi connectivity index (χ1n) is 6.67. The second-order valence-electron chi connectivity index (χ2n) is 4.85. The van der Waals surface area contributed by atoms with Crippen LogP contribution in [0.5, 0.6) is 0 Å². The topological polar surface area (TPSA) is 57.5 Å². The highest BCUT2D eigenvalue weighted by atomic mass is 15.8. The molecule has 2 aromatic rings. The lowest BCUT2D eigenvalue weighted by Gasteiger charge is -2.14. The fourth-order valence-electron chi connectivity index (χ4n) is 2.15. The van der Waals surface area contributed by atoms with Gasteiger partial charge in [0.25, 0.3) is 0 Å². The van der Waals surface area contributed by atoms with E-state index in [9.17, 15) is 0 Å². The maximum Gasteiger partial charge on any atom is 0.176 e. The smallest absolute Gasteiger partial charge is 0.176 e. The molecule has 20 heavy (non-hydrogen) atoms. The number of aryl methyl sites for hydroxylation is 2. The number of hydrogen-bond acceptors (Lipinski definition) is 5. The van der Waals surface area contributed by atoms with Crippen LogP contribution in [-0.4, -0.2) is 27.2 Å². The van der Waals surface area contributed by atoms with Crippen molar-refractivity contribution in [2.45, 2.75) is 20.8 Å². The highest BCUT2D eigenvalue weighted by Crippen LogP contribution is 2.15. The first-order valence-corrected chi connectivity index (χ1v) is 6.67. The van der Waals surface area contributed by atoms with E-state index in [1.807, 2.05) is 22.1 Å². The summed E-state index contributed by atoms with van der Waals surface area (Å²) in [4.78, 5) is 0. The Morgan fingerprint density at radius 2 is 2.05 bits per heavy atom. The van der Waals surface area contributed by atoms with E-state index in [4.69, 9.17) is 0 Å². The van der Waals surface area contributed by atoms with Crippen molar-refractivity contribution in [1.82, 2.24) is 25.9 Å². The van der Waals surface area contributed by atoms with E-state index in [1.54, 1.807) is 0 Å². The molecule has 2 heterocycles. The molecule has 0 fully saturated rings. The van der Waals surface area contributed by atoms with Gasteiger partial charge >= 0.3 is 0 Å². The highest BCUT2D eigenvalue weighted by Gasteiger charge is 2.18. The van der Waals surface area contributed by atoms with Crippen molar-refractivity contribution in [2.24, 2.45) is 5.10 Å². The van der Waals surface area contributed by atoms with Crippen molar-refractivity contribution >= 4 is 5.84 Å².